The molecule has 3 nitrogen and oxygen atoms in total. The van der Waals surface area contributed by atoms with E-state index < -0.39 is 0 Å². The van der Waals surface area contributed by atoms with E-state index in [0.717, 1.165) is 16.9 Å². The normalized spacial score (nSPS) is 11.4. The van der Waals surface area contributed by atoms with Gasteiger partial charge < -0.3 is 4.40 Å². The number of nitrogens with zero attached hydrogens (tertiary/aromatic N) is 3. The molecule has 0 spiro atoms. The minimum Gasteiger partial charge on any atom is -0.304 e. The van der Waals surface area contributed by atoms with E-state index >= 15 is 0 Å². The average molecular weight is 524 g/mol. The Balaban J connectivity index is 1.34. The van der Waals surface area contributed by atoms with Gasteiger partial charge in [-0.25, -0.2) is 4.98 Å². The lowest BCUT2D eigenvalue weighted by Gasteiger charge is -2.18. The molecule has 0 fully saturated rings. The summed E-state index contributed by atoms with van der Waals surface area (Å²) in [5, 5.41) is 5.04. The van der Waals surface area contributed by atoms with Gasteiger partial charge in [0.2, 0.25) is 0 Å². The van der Waals surface area contributed by atoms with E-state index in [9.17, 15) is 0 Å². The quantitative estimate of drug-likeness (QED) is 0.215. The summed E-state index contributed by atoms with van der Waals surface area (Å²) in [6.45, 7) is 0. The van der Waals surface area contributed by atoms with Gasteiger partial charge in [-0.15, -0.1) is 0 Å². The van der Waals surface area contributed by atoms with Crippen molar-refractivity contribution >= 4 is 27.2 Å². The van der Waals surface area contributed by atoms with Crippen LogP contribution in [0.25, 0.3) is 71.8 Å². The molecule has 0 aliphatic heterocycles. The first-order valence-electron chi connectivity index (χ1n) is 13.8. The minimum atomic E-state index is 0.844. The predicted molar refractivity (Wildman–Crippen MR) is 170 cm³/mol. The Kier molecular flexibility index (Phi) is 5.46. The summed E-state index contributed by atoms with van der Waals surface area (Å²) in [4.78, 5) is 8.93. The second-order valence-corrected chi connectivity index (χ2v) is 10.3. The van der Waals surface area contributed by atoms with Crippen molar-refractivity contribution in [3.8, 4) is 44.6 Å². The molecule has 0 unspecified atom stereocenters. The maximum Gasteiger partial charge on any atom is 0.155 e. The fourth-order valence-corrected chi connectivity index (χ4v) is 6.00. The molecule has 41 heavy (non-hydrogen) atoms. The van der Waals surface area contributed by atoms with Gasteiger partial charge in [0, 0.05) is 24.2 Å². The Morgan fingerprint density at radius 2 is 1.02 bits per heavy atom. The van der Waals surface area contributed by atoms with Crippen molar-refractivity contribution in [3.05, 3.63) is 152 Å². The third-order valence-electron chi connectivity index (χ3n) is 7.93. The lowest BCUT2D eigenvalue weighted by Crippen LogP contribution is -1.91. The smallest absolute Gasteiger partial charge is 0.155 e. The molecule has 0 amide bonds. The van der Waals surface area contributed by atoms with Gasteiger partial charge in [-0.2, -0.15) is 0 Å². The maximum atomic E-state index is 4.74. The molecule has 2 aromatic heterocycles. The molecule has 2 heterocycles. The van der Waals surface area contributed by atoms with E-state index in [1.54, 1.807) is 12.4 Å². The molecule has 8 aromatic rings. The fraction of sp³-hybridized carbons (Fsp3) is 0. The van der Waals surface area contributed by atoms with Crippen LogP contribution in [0.15, 0.2) is 152 Å². The molecular formula is C38H25N3. The lowest BCUT2D eigenvalue weighted by molar-refractivity contribution is 1.13. The van der Waals surface area contributed by atoms with Gasteiger partial charge in [-0.1, -0.05) is 121 Å². The van der Waals surface area contributed by atoms with Gasteiger partial charge in [-0.3, -0.25) is 4.98 Å². The monoisotopic (exact) mass is 523 g/mol. The van der Waals surface area contributed by atoms with Crippen molar-refractivity contribution in [1.82, 2.24) is 14.4 Å². The van der Waals surface area contributed by atoms with Crippen molar-refractivity contribution in [2.75, 3.05) is 0 Å². The molecule has 0 aliphatic carbocycles. The number of aromatic nitrogens is 3. The van der Waals surface area contributed by atoms with Crippen LogP contribution in [-0.2, 0) is 0 Å². The number of hydrogen-bond acceptors (Lipinski definition) is 2. The topological polar surface area (TPSA) is 30.2 Å². The summed E-state index contributed by atoms with van der Waals surface area (Å²) in [5.74, 6) is 0. The zero-order valence-corrected chi connectivity index (χ0v) is 22.3. The molecule has 6 aromatic carbocycles. The molecule has 0 saturated heterocycles. The standard InChI is InChI=1S/C38H25N3/c1-3-9-28(10-4-1)37-31-13-7-8-14-32(31)38(29-11-5-2-6-12-29)34-23-30(19-20-33(34)37)26-15-17-27(18-16-26)35-25-41-22-21-39-24-36(41)40-35/h1-25H. The van der Waals surface area contributed by atoms with Gasteiger partial charge in [0.1, 0.15) is 0 Å². The first-order chi connectivity index (χ1) is 20.3. The van der Waals surface area contributed by atoms with Gasteiger partial charge in [0.05, 0.1) is 11.9 Å². The third kappa shape index (κ3) is 3.98. The van der Waals surface area contributed by atoms with Gasteiger partial charge in [0.25, 0.3) is 0 Å². The molecule has 192 valence electrons. The van der Waals surface area contributed by atoms with Crippen LogP contribution in [0.4, 0.5) is 0 Å². The van der Waals surface area contributed by atoms with Crippen LogP contribution in [-0.4, -0.2) is 14.4 Å². The van der Waals surface area contributed by atoms with Gasteiger partial charge in [-0.05, 0) is 61.0 Å². The highest BCUT2D eigenvalue weighted by Gasteiger charge is 2.17. The van der Waals surface area contributed by atoms with E-state index in [2.05, 4.69) is 132 Å². The minimum absolute atomic E-state index is 0.844. The highest BCUT2D eigenvalue weighted by molar-refractivity contribution is 6.21. The van der Waals surface area contributed by atoms with Crippen molar-refractivity contribution in [3.63, 3.8) is 0 Å². The van der Waals surface area contributed by atoms with Crippen LogP contribution < -0.4 is 0 Å². The first kappa shape index (κ1) is 23.4. The zero-order chi connectivity index (χ0) is 27.2. The highest BCUT2D eigenvalue weighted by atomic mass is 15.0. The molecular weight excluding hydrogens is 498 g/mol. The summed E-state index contributed by atoms with van der Waals surface area (Å²) in [5.41, 5.74) is 10.2. The summed E-state index contributed by atoms with van der Waals surface area (Å²) in [6.07, 6.45) is 7.53. The highest BCUT2D eigenvalue weighted by Crippen LogP contribution is 2.44. The third-order valence-corrected chi connectivity index (χ3v) is 7.93. The van der Waals surface area contributed by atoms with Gasteiger partial charge in [0.15, 0.2) is 5.65 Å². The molecule has 0 bridgehead atoms. The predicted octanol–water partition coefficient (Wildman–Crippen LogP) is 9.70. The van der Waals surface area contributed by atoms with Crippen molar-refractivity contribution in [2.45, 2.75) is 0 Å². The second-order valence-electron chi connectivity index (χ2n) is 10.3. The first-order valence-corrected chi connectivity index (χ1v) is 13.8. The van der Waals surface area contributed by atoms with E-state index in [4.69, 9.17) is 4.98 Å². The molecule has 0 aliphatic rings. The molecule has 8 rings (SSSR count). The lowest BCUT2D eigenvalue weighted by atomic mass is 9.85. The van der Waals surface area contributed by atoms with Crippen LogP contribution in [0, 0.1) is 0 Å². The van der Waals surface area contributed by atoms with Crippen LogP contribution in [0.2, 0.25) is 0 Å². The number of imidazole rings is 1. The summed E-state index contributed by atoms with van der Waals surface area (Å²) in [6, 6.07) is 45.9. The molecule has 0 saturated carbocycles. The maximum absolute atomic E-state index is 4.74. The van der Waals surface area contributed by atoms with E-state index in [0.29, 0.717) is 0 Å². The Hall–Kier alpha value is -5.54. The van der Waals surface area contributed by atoms with Crippen molar-refractivity contribution in [1.29, 1.82) is 0 Å². The summed E-state index contributed by atoms with van der Waals surface area (Å²) in [7, 11) is 0. The fourth-order valence-electron chi connectivity index (χ4n) is 6.00. The molecule has 0 radical (unpaired) electrons. The SMILES string of the molecule is c1ccc(-c2c3ccccc3c(-c3ccccc3)c3cc(-c4ccc(-c5cn6ccncc6n5)cc4)ccc23)cc1. The molecule has 0 N–H and O–H groups in total. The van der Waals surface area contributed by atoms with E-state index in [1.165, 1.54) is 54.9 Å². The molecule has 3 heteroatoms. The second kappa shape index (κ2) is 9.58. The number of fused-ring (bicyclic) bond motifs is 3. The van der Waals surface area contributed by atoms with Crippen LogP contribution in [0.1, 0.15) is 0 Å². The average Bonchev–Trinajstić information content (AvgIpc) is 3.49. The zero-order valence-electron chi connectivity index (χ0n) is 22.3. The summed E-state index contributed by atoms with van der Waals surface area (Å²) < 4.78 is 2.00. The largest absolute Gasteiger partial charge is 0.304 e. The summed E-state index contributed by atoms with van der Waals surface area (Å²) >= 11 is 0. The Bertz CT molecular complexity index is 2150. The Morgan fingerprint density at radius 1 is 0.463 bits per heavy atom. The number of rotatable bonds is 4. The molecule has 0 atom stereocenters. The Morgan fingerprint density at radius 3 is 1.68 bits per heavy atom. The number of benzene rings is 6. The van der Waals surface area contributed by atoms with E-state index in [1.807, 2.05) is 16.8 Å². The van der Waals surface area contributed by atoms with E-state index in [-0.39, 0.29) is 0 Å². The van der Waals surface area contributed by atoms with Crippen molar-refractivity contribution < 1.29 is 0 Å². The van der Waals surface area contributed by atoms with Crippen molar-refractivity contribution in [2.24, 2.45) is 0 Å². The van der Waals surface area contributed by atoms with Crippen LogP contribution in [0.5, 0.6) is 0 Å². The number of hydrogen-bond donors (Lipinski definition) is 0. The Labute approximate surface area is 238 Å². The van der Waals surface area contributed by atoms with Gasteiger partial charge >= 0.3 is 0 Å². The van der Waals surface area contributed by atoms with Crippen LogP contribution >= 0.6 is 0 Å². The van der Waals surface area contributed by atoms with Crippen LogP contribution in [0.3, 0.4) is 0 Å².